The first-order chi connectivity index (χ1) is 12.6. The number of alkyl halides is 3. The van der Waals surface area contributed by atoms with E-state index < -0.39 is 12.4 Å². The summed E-state index contributed by atoms with van der Waals surface area (Å²) < 4.78 is 40.3. The predicted molar refractivity (Wildman–Crippen MR) is 94.3 cm³/mol. The smallest absolute Gasteiger partial charge is 0.406 e. The van der Waals surface area contributed by atoms with Crippen LogP contribution in [0.25, 0.3) is 0 Å². The van der Waals surface area contributed by atoms with Crippen molar-refractivity contribution in [2.24, 2.45) is 5.92 Å². The summed E-state index contributed by atoms with van der Waals surface area (Å²) in [5, 5.41) is 5.48. The normalized spacial score (nSPS) is 22.4. The number of rotatable bonds is 5. The number of anilines is 1. The van der Waals surface area contributed by atoms with Crippen LogP contribution in [0, 0.1) is 5.92 Å². The number of hydrogen-bond acceptors (Lipinski definition) is 3. The van der Waals surface area contributed by atoms with Crippen molar-refractivity contribution in [3.63, 3.8) is 0 Å². The molecule has 1 saturated heterocycles. The van der Waals surface area contributed by atoms with Crippen molar-refractivity contribution < 1.29 is 27.5 Å². The maximum atomic E-state index is 12.3. The summed E-state index contributed by atoms with van der Waals surface area (Å²) in [6.07, 6.45) is -3.54. The topological polar surface area (TPSA) is 70.7 Å². The molecule has 6 nitrogen and oxygen atoms in total. The molecule has 3 atom stereocenters. The second-order valence-electron chi connectivity index (χ2n) is 6.51. The van der Waals surface area contributed by atoms with E-state index in [0.29, 0.717) is 18.7 Å². The lowest BCUT2D eigenvalue weighted by molar-refractivity contribution is -0.274. The molecule has 1 unspecified atom stereocenters. The Hall–Kier alpha value is -2.45. The second-order valence-corrected chi connectivity index (χ2v) is 6.51. The van der Waals surface area contributed by atoms with E-state index in [0.717, 1.165) is 18.6 Å². The van der Waals surface area contributed by atoms with E-state index in [1.54, 1.807) is 11.8 Å². The predicted octanol–water partition coefficient (Wildman–Crippen LogP) is 3.74. The summed E-state index contributed by atoms with van der Waals surface area (Å²) in [5.74, 6) is -0.174. The molecule has 0 radical (unpaired) electrons. The van der Waals surface area contributed by atoms with Crippen molar-refractivity contribution in [2.75, 3.05) is 11.9 Å². The van der Waals surface area contributed by atoms with Crippen LogP contribution >= 0.6 is 0 Å². The highest BCUT2D eigenvalue weighted by molar-refractivity contribution is 5.89. The number of urea groups is 1. The van der Waals surface area contributed by atoms with E-state index in [-0.39, 0.29) is 29.7 Å². The third-order valence-corrected chi connectivity index (χ3v) is 4.74. The molecule has 2 rings (SSSR count). The van der Waals surface area contributed by atoms with Crippen LogP contribution in [0.2, 0.25) is 0 Å². The molecule has 1 fully saturated rings. The van der Waals surface area contributed by atoms with Gasteiger partial charge >= 0.3 is 12.4 Å². The van der Waals surface area contributed by atoms with Gasteiger partial charge in [0.2, 0.25) is 5.91 Å². The molecular weight excluding hydrogens is 363 g/mol. The highest BCUT2D eigenvalue weighted by Crippen LogP contribution is 2.27. The number of hydrogen-bond donors (Lipinski definition) is 2. The van der Waals surface area contributed by atoms with Gasteiger partial charge in [0, 0.05) is 24.7 Å². The molecule has 1 aromatic carbocycles. The van der Waals surface area contributed by atoms with Crippen molar-refractivity contribution in [2.45, 2.75) is 52.1 Å². The number of carbonyl (C=O) groups is 2. The third kappa shape index (κ3) is 5.51. The van der Waals surface area contributed by atoms with E-state index >= 15 is 0 Å². The zero-order valence-corrected chi connectivity index (χ0v) is 15.5. The van der Waals surface area contributed by atoms with Crippen LogP contribution in [0.4, 0.5) is 23.7 Å². The van der Waals surface area contributed by atoms with Crippen LogP contribution in [0.1, 0.15) is 33.6 Å². The molecule has 2 N–H and O–H groups in total. The lowest BCUT2D eigenvalue weighted by Crippen LogP contribution is -2.48. The van der Waals surface area contributed by atoms with Crippen LogP contribution in [0.15, 0.2) is 24.3 Å². The fraction of sp³-hybridized carbons (Fsp3) is 0.556. The van der Waals surface area contributed by atoms with Gasteiger partial charge in [0.05, 0.1) is 6.04 Å². The minimum absolute atomic E-state index is 0.0471. The summed E-state index contributed by atoms with van der Waals surface area (Å²) in [6, 6.07) is 4.09. The van der Waals surface area contributed by atoms with Gasteiger partial charge in [0.15, 0.2) is 0 Å². The average Bonchev–Trinajstić information content (AvgIpc) is 2.91. The third-order valence-electron chi connectivity index (χ3n) is 4.74. The van der Waals surface area contributed by atoms with Gasteiger partial charge in [-0.2, -0.15) is 0 Å². The van der Waals surface area contributed by atoms with Gasteiger partial charge in [-0.05, 0) is 43.5 Å². The molecule has 0 aliphatic carbocycles. The summed E-state index contributed by atoms with van der Waals surface area (Å²) in [4.78, 5) is 26.1. The maximum Gasteiger partial charge on any atom is 0.573 e. The van der Waals surface area contributed by atoms with Crippen molar-refractivity contribution in [1.82, 2.24) is 10.2 Å². The molecule has 3 amide bonds. The van der Waals surface area contributed by atoms with Crippen LogP contribution in [0.5, 0.6) is 5.75 Å². The fourth-order valence-electron chi connectivity index (χ4n) is 3.33. The Morgan fingerprint density at radius 2 is 1.85 bits per heavy atom. The van der Waals surface area contributed by atoms with Crippen molar-refractivity contribution in [1.29, 1.82) is 0 Å². The summed E-state index contributed by atoms with van der Waals surface area (Å²) in [5.41, 5.74) is 0.335. The Bertz CT molecular complexity index is 664. The number of likely N-dealkylation sites (tertiary alicyclic amines) is 1. The van der Waals surface area contributed by atoms with E-state index in [2.05, 4.69) is 15.4 Å². The first kappa shape index (κ1) is 20.9. The minimum atomic E-state index is -4.76. The lowest BCUT2D eigenvalue weighted by atomic mass is 9.97. The zero-order valence-electron chi connectivity index (χ0n) is 15.5. The number of carbonyl (C=O) groups excluding carboxylic acids is 2. The summed E-state index contributed by atoms with van der Waals surface area (Å²) in [7, 11) is 0. The van der Waals surface area contributed by atoms with Gasteiger partial charge in [0.25, 0.3) is 0 Å². The van der Waals surface area contributed by atoms with E-state index in [1.165, 1.54) is 12.1 Å². The van der Waals surface area contributed by atoms with Crippen molar-refractivity contribution >= 4 is 17.6 Å². The largest absolute Gasteiger partial charge is 0.573 e. The quantitative estimate of drug-likeness (QED) is 0.809. The second kappa shape index (κ2) is 8.49. The molecule has 0 aromatic heterocycles. The molecule has 1 aliphatic heterocycles. The van der Waals surface area contributed by atoms with Crippen LogP contribution in [0.3, 0.4) is 0 Å². The standard InChI is InChI=1S/C18H24F3N3O3/c1-4-12-10-24(15(25)5-2)11(3)16(12)23-17(26)22-13-6-8-14(9-7-13)27-18(19,20)21/h6-9,11-12,16H,4-5,10H2,1-3H3,(H2,22,23,26)/t11-,12-,16?/m1/s1. The summed E-state index contributed by atoms with van der Waals surface area (Å²) >= 11 is 0. The molecule has 27 heavy (non-hydrogen) atoms. The number of amides is 3. The molecule has 1 heterocycles. The monoisotopic (exact) mass is 387 g/mol. The van der Waals surface area contributed by atoms with E-state index in [9.17, 15) is 22.8 Å². The Balaban J connectivity index is 1.97. The lowest BCUT2D eigenvalue weighted by Gasteiger charge is -2.25. The highest BCUT2D eigenvalue weighted by atomic mass is 19.4. The molecule has 0 spiro atoms. The van der Waals surface area contributed by atoms with Gasteiger partial charge in [-0.25, -0.2) is 4.79 Å². The first-order valence-corrected chi connectivity index (χ1v) is 8.87. The number of halogens is 3. The molecule has 1 aliphatic rings. The van der Waals surface area contributed by atoms with E-state index in [4.69, 9.17) is 0 Å². The minimum Gasteiger partial charge on any atom is -0.406 e. The Labute approximate surface area is 156 Å². The SMILES string of the molecule is CCC(=O)N1C[C@@H](CC)C(NC(=O)Nc2ccc(OC(F)(F)F)cc2)[C@H]1C. The Morgan fingerprint density at radius 3 is 2.37 bits per heavy atom. The van der Waals surface area contributed by atoms with Crippen molar-refractivity contribution in [3.8, 4) is 5.75 Å². The van der Waals surface area contributed by atoms with Gasteiger partial charge in [-0.3, -0.25) is 4.79 Å². The molecule has 0 saturated carbocycles. The van der Waals surface area contributed by atoms with Crippen molar-refractivity contribution in [3.05, 3.63) is 24.3 Å². The molecule has 1 aromatic rings. The zero-order chi connectivity index (χ0) is 20.2. The van der Waals surface area contributed by atoms with Crippen LogP contribution in [-0.4, -0.2) is 41.8 Å². The number of nitrogens with one attached hydrogen (secondary N) is 2. The Morgan fingerprint density at radius 1 is 1.22 bits per heavy atom. The first-order valence-electron chi connectivity index (χ1n) is 8.87. The van der Waals surface area contributed by atoms with Gasteiger partial charge < -0.3 is 20.3 Å². The highest BCUT2D eigenvalue weighted by Gasteiger charge is 2.40. The van der Waals surface area contributed by atoms with Gasteiger partial charge in [-0.15, -0.1) is 13.2 Å². The van der Waals surface area contributed by atoms with Gasteiger partial charge in [0.1, 0.15) is 5.75 Å². The maximum absolute atomic E-state index is 12.3. The molecular formula is C18H24F3N3O3. The van der Waals surface area contributed by atoms with E-state index in [1.807, 2.05) is 13.8 Å². The van der Waals surface area contributed by atoms with Crippen LogP contribution < -0.4 is 15.4 Å². The van der Waals surface area contributed by atoms with Crippen LogP contribution in [-0.2, 0) is 4.79 Å². The average molecular weight is 387 g/mol. The number of benzene rings is 1. The number of nitrogens with zero attached hydrogens (tertiary/aromatic N) is 1. The molecule has 0 bridgehead atoms. The molecule has 9 heteroatoms. The Kier molecular flexibility index (Phi) is 6.56. The summed E-state index contributed by atoms with van der Waals surface area (Å²) in [6.45, 7) is 6.30. The van der Waals surface area contributed by atoms with Gasteiger partial charge in [-0.1, -0.05) is 13.8 Å². The number of ether oxygens (including phenoxy) is 1. The fourth-order valence-corrected chi connectivity index (χ4v) is 3.33. The molecule has 150 valence electrons.